The molecule has 1 aromatic heterocycles. The van der Waals surface area contributed by atoms with Crippen LogP contribution in [0.15, 0.2) is 54.7 Å². The number of carbonyl (C=O) groups excluding carboxylic acids is 2. The van der Waals surface area contributed by atoms with Crippen LogP contribution in [0, 0.1) is 11.3 Å². The van der Waals surface area contributed by atoms with E-state index in [1.165, 1.54) is 24.4 Å². The van der Waals surface area contributed by atoms with Crippen LogP contribution in [-0.2, 0) is 11.0 Å². The molecule has 2 aromatic carbocycles. The first-order valence-corrected chi connectivity index (χ1v) is 10.4. The zero-order valence-corrected chi connectivity index (χ0v) is 17.9. The van der Waals surface area contributed by atoms with Gasteiger partial charge in [0, 0.05) is 18.0 Å². The van der Waals surface area contributed by atoms with E-state index in [9.17, 15) is 31.5 Å². The van der Waals surface area contributed by atoms with Crippen LogP contribution < -0.4 is 5.32 Å². The quantitative estimate of drug-likeness (QED) is 0.552. The molecule has 1 aliphatic rings. The summed E-state index contributed by atoms with van der Waals surface area (Å²) in [5, 5.41) is 11.8. The minimum atomic E-state index is -4.47. The fourth-order valence-electron chi connectivity index (χ4n) is 3.92. The zero-order chi connectivity index (χ0) is 25.4. The summed E-state index contributed by atoms with van der Waals surface area (Å²) >= 11 is 0. The number of amides is 2. The van der Waals surface area contributed by atoms with Crippen molar-refractivity contribution >= 4 is 22.7 Å². The van der Waals surface area contributed by atoms with Gasteiger partial charge in [-0.15, -0.1) is 0 Å². The molecule has 1 aliphatic heterocycles. The standard InChI is InChI=1S/C24H17F5N4O2/c25-23(26)10-17(11-30)33(13-23)21(34)12-32-22(35)18-7-8-31-20-6-3-15(9-19(18)20)14-1-4-16(5-2-14)24(27,28)29/h1-9,17H,10,12-13H2,(H,32,35). The second-order valence-electron chi connectivity index (χ2n) is 8.07. The third kappa shape index (κ3) is 5.06. The van der Waals surface area contributed by atoms with E-state index in [2.05, 4.69) is 10.3 Å². The van der Waals surface area contributed by atoms with E-state index < -0.39 is 55.0 Å². The van der Waals surface area contributed by atoms with Crippen LogP contribution >= 0.6 is 0 Å². The number of halogens is 5. The predicted octanol–water partition coefficient (Wildman–Crippen LogP) is 4.41. The van der Waals surface area contributed by atoms with E-state index in [1.807, 2.05) is 0 Å². The first kappa shape index (κ1) is 24.1. The third-order valence-electron chi connectivity index (χ3n) is 5.67. The number of carbonyl (C=O) groups is 2. The molecule has 4 rings (SSSR count). The molecule has 35 heavy (non-hydrogen) atoms. The largest absolute Gasteiger partial charge is 0.416 e. The highest BCUT2D eigenvalue weighted by Gasteiger charge is 2.47. The molecule has 0 bridgehead atoms. The maximum absolute atomic E-state index is 13.6. The number of fused-ring (bicyclic) bond motifs is 1. The third-order valence-corrected chi connectivity index (χ3v) is 5.67. The van der Waals surface area contributed by atoms with Gasteiger partial charge in [-0.05, 0) is 41.5 Å². The summed E-state index contributed by atoms with van der Waals surface area (Å²) in [5.74, 6) is -4.66. The van der Waals surface area contributed by atoms with E-state index in [0.717, 1.165) is 17.0 Å². The van der Waals surface area contributed by atoms with E-state index in [0.29, 0.717) is 22.0 Å². The minimum Gasteiger partial charge on any atom is -0.343 e. The average Bonchev–Trinajstić information content (AvgIpc) is 3.15. The summed E-state index contributed by atoms with van der Waals surface area (Å²) < 4.78 is 65.7. The molecule has 0 spiro atoms. The number of nitrogens with one attached hydrogen (secondary N) is 1. The summed E-state index contributed by atoms with van der Waals surface area (Å²) in [6.07, 6.45) is -3.85. The number of nitrogens with zero attached hydrogens (tertiary/aromatic N) is 3. The molecule has 6 nitrogen and oxygen atoms in total. The van der Waals surface area contributed by atoms with Gasteiger partial charge in [-0.25, -0.2) is 8.78 Å². The molecule has 0 radical (unpaired) electrons. The number of likely N-dealkylation sites (tertiary alicyclic amines) is 1. The van der Waals surface area contributed by atoms with Crippen molar-refractivity contribution < 1.29 is 31.5 Å². The molecule has 2 amide bonds. The molecule has 1 atom stereocenters. The minimum absolute atomic E-state index is 0.139. The number of hydrogen-bond donors (Lipinski definition) is 1. The van der Waals surface area contributed by atoms with Crippen molar-refractivity contribution in [2.24, 2.45) is 0 Å². The molecular formula is C24H17F5N4O2. The lowest BCUT2D eigenvalue weighted by atomic mass is 9.99. The van der Waals surface area contributed by atoms with E-state index in [-0.39, 0.29) is 5.56 Å². The fourth-order valence-corrected chi connectivity index (χ4v) is 3.92. The van der Waals surface area contributed by atoms with Crippen LogP contribution in [0.2, 0.25) is 0 Å². The van der Waals surface area contributed by atoms with Crippen molar-refractivity contribution in [2.75, 3.05) is 13.1 Å². The lowest BCUT2D eigenvalue weighted by Crippen LogP contribution is -2.43. The Kier molecular flexibility index (Phi) is 6.15. The summed E-state index contributed by atoms with van der Waals surface area (Å²) in [7, 11) is 0. The van der Waals surface area contributed by atoms with Crippen LogP contribution in [0.25, 0.3) is 22.0 Å². The summed E-state index contributed by atoms with van der Waals surface area (Å²) in [6.45, 7) is -1.48. The first-order valence-electron chi connectivity index (χ1n) is 10.4. The smallest absolute Gasteiger partial charge is 0.343 e. The molecule has 1 N–H and O–H groups in total. The Bertz CT molecular complexity index is 1330. The van der Waals surface area contributed by atoms with Crippen LogP contribution in [0.1, 0.15) is 22.3 Å². The number of rotatable bonds is 4. The van der Waals surface area contributed by atoms with Crippen molar-refractivity contribution in [3.63, 3.8) is 0 Å². The summed E-state index contributed by atoms with van der Waals surface area (Å²) in [4.78, 5) is 30.1. The van der Waals surface area contributed by atoms with Gasteiger partial charge in [0.25, 0.3) is 11.8 Å². The molecule has 1 unspecified atom stereocenters. The predicted molar refractivity (Wildman–Crippen MR) is 115 cm³/mol. The first-order chi connectivity index (χ1) is 16.5. The summed E-state index contributed by atoms with van der Waals surface area (Å²) in [6, 6.07) is 11.2. The highest BCUT2D eigenvalue weighted by Crippen LogP contribution is 2.33. The van der Waals surface area contributed by atoms with Gasteiger partial charge in [0.1, 0.15) is 6.04 Å². The highest BCUT2D eigenvalue weighted by atomic mass is 19.4. The molecule has 3 aromatic rings. The Hall–Kier alpha value is -4.07. The number of benzene rings is 2. The Morgan fingerprint density at radius 3 is 2.46 bits per heavy atom. The van der Waals surface area contributed by atoms with E-state index in [4.69, 9.17) is 5.26 Å². The van der Waals surface area contributed by atoms with Gasteiger partial charge in [-0.1, -0.05) is 18.2 Å². The maximum Gasteiger partial charge on any atom is 0.416 e. The van der Waals surface area contributed by atoms with E-state index in [1.54, 1.807) is 24.3 Å². The topological polar surface area (TPSA) is 86.1 Å². The van der Waals surface area contributed by atoms with Crippen molar-refractivity contribution in [1.82, 2.24) is 15.2 Å². The SMILES string of the molecule is N#CC1CC(F)(F)CN1C(=O)CNC(=O)c1ccnc2ccc(-c3ccc(C(F)(F)F)cc3)cc12. The fraction of sp³-hybridized carbons (Fsp3) is 0.250. The van der Waals surface area contributed by atoms with Crippen LogP contribution in [-0.4, -0.2) is 46.8 Å². The van der Waals surface area contributed by atoms with Crippen molar-refractivity contribution in [1.29, 1.82) is 5.26 Å². The van der Waals surface area contributed by atoms with Gasteiger partial charge >= 0.3 is 6.18 Å². The maximum atomic E-state index is 13.6. The van der Waals surface area contributed by atoms with Gasteiger partial charge in [0.05, 0.1) is 35.8 Å². The second kappa shape index (κ2) is 8.94. The van der Waals surface area contributed by atoms with E-state index >= 15 is 0 Å². The molecule has 1 saturated heterocycles. The Balaban J connectivity index is 1.55. The Labute approximate surface area is 196 Å². The van der Waals surface area contributed by atoms with Gasteiger partial charge < -0.3 is 10.2 Å². The van der Waals surface area contributed by atoms with Crippen molar-refractivity contribution in [2.45, 2.75) is 24.6 Å². The lowest BCUT2D eigenvalue weighted by molar-refractivity contribution is -0.137. The van der Waals surface area contributed by atoms with Crippen LogP contribution in [0.5, 0.6) is 0 Å². The molecule has 1 fully saturated rings. The number of nitriles is 1. The van der Waals surface area contributed by atoms with Gasteiger partial charge in [-0.2, -0.15) is 18.4 Å². The number of pyridine rings is 1. The molecular weight excluding hydrogens is 471 g/mol. The molecule has 180 valence electrons. The van der Waals surface area contributed by atoms with Crippen molar-refractivity contribution in [3.05, 3.63) is 65.9 Å². The second-order valence-corrected chi connectivity index (χ2v) is 8.07. The number of hydrogen-bond acceptors (Lipinski definition) is 4. The molecule has 0 aliphatic carbocycles. The monoisotopic (exact) mass is 488 g/mol. The van der Waals surface area contributed by atoms with Gasteiger partial charge in [0.2, 0.25) is 5.91 Å². The highest BCUT2D eigenvalue weighted by molar-refractivity contribution is 6.07. The van der Waals surface area contributed by atoms with Gasteiger partial charge in [0.15, 0.2) is 0 Å². The normalized spacial score (nSPS) is 17.3. The number of aromatic nitrogens is 1. The summed E-state index contributed by atoms with van der Waals surface area (Å²) in [5.41, 5.74) is 0.815. The molecule has 0 saturated carbocycles. The van der Waals surface area contributed by atoms with Crippen LogP contribution in [0.3, 0.4) is 0 Å². The van der Waals surface area contributed by atoms with Crippen molar-refractivity contribution in [3.8, 4) is 17.2 Å². The van der Waals surface area contributed by atoms with Gasteiger partial charge in [-0.3, -0.25) is 14.6 Å². The van der Waals surface area contributed by atoms with Crippen LogP contribution in [0.4, 0.5) is 22.0 Å². The lowest BCUT2D eigenvalue weighted by Gasteiger charge is -2.19. The zero-order valence-electron chi connectivity index (χ0n) is 17.9. The molecule has 2 heterocycles. The average molecular weight is 488 g/mol. The molecule has 11 heteroatoms. The number of alkyl halides is 5. The Morgan fingerprint density at radius 2 is 1.80 bits per heavy atom. The Morgan fingerprint density at radius 1 is 1.11 bits per heavy atom.